The fraction of sp³-hybridized carbons (Fsp3) is 0.615. The Kier molecular flexibility index (Phi) is 4.72. The van der Waals surface area contributed by atoms with Crippen molar-refractivity contribution >= 4 is 0 Å². The highest BCUT2D eigenvalue weighted by Crippen LogP contribution is 2.09. The fourth-order valence-electron chi connectivity index (χ4n) is 1.74. The second-order valence-corrected chi connectivity index (χ2v) is 4.25. The van der Waals surface area contributed by atoms with Crippen LogP contribution in [0.1, 0.15) is 33.1 Å². The second kappa shape index (κ2) is 5.85. The van der Waals surface area contributed by atoms with Crippen LogP contribution in [0.15, 0.2) is 29.5 Å². The maximum Gasteiger partial charge on any atom is 0.0265 e. The zero-order chi connectivity index (χ0) is 10.4. The number of allylic oxidation sites excluding steroid dienone is 1. The van der Waals surface area contributed by atoms with Gasteiger partial charge in [0.25, 0.3) is 0 Å². The number of hydrogen-bond acceptors (Lipinski definition) is 1. The van der Waals surface area contributed by atoms with Crippen LogP contribution in [0.4, 0.5) is 0 Å². The van der Waals surface area contributed by atoms with E-state index in [-0.39, 0.29) is 0 Å². The summed E-state index contributed by atoms with van der Waals surface area (Å²) in [5.74, 6) is 0. The highest BCUT2D eigenvalue weighted by atomic mass is 15.1. The summed E-state index contributed by atoms with van der Waals surface area (Å²) >= 11 is 0. The van der Waals surface area contributed by atoms with E-state index in [0.29, 0.717) is 0 Å². The summed E-state index contributed by atoms with van der Waals surface area (Å²) in [6, 6.07) is 0. The van der Waals surface area contributed by atoms with Gasteiger partial charge in [0.2, 0.25) is 0 Å². The minimum atomic E-state index is 1.07. The molecule has 14 heavy (non-hydrogen) atoms. The molecule has 1 rings (SSSR count). The van der Waals surface area contributed by atoms with Gasteiger partial charge in [-0.1, -0.05) is 18.6 Å². The molecule has 1 nitrogen and oxygen atoms in total. The van der Waals surface area contributed by atoms with Crippen molar-refractivity contribution in [3.63, 3.8) is 0 Å². The Morgan fingerprint density at radius 1 is 1.29 bits per heavy atom. The van der Waals surface area contributed by atoms with Gasteiger partial charge in [0.15, 0.2) is 0 Å². The third-order valence-corrected chi connectivity index (χ3v) is 2.47. The first-order valence-corrected chi connectivity index (χ1v) is 5.48. The van der Waals surface area contributed by atoms with E-state index in [2.05, 4.69) is 24.1 Å². The summed E-state index contributed by atoms with van der Waals surface area (Å²) in [4.78, 5) is 2.51. The lowest BCUT2D eigenvalue weighted by Crippen LogP contribution is -2.30. The van der Waals surface area contributed by atoms with Gasteiger partial charge in [0.1, 0.15) is 0 Å². The van der Waals surface area contributed by atoms with Gasteiger partial charge in [-0.05, 0) is 51.4 Å². The van der Waals surface area contributed by atoms with Crippen molar-refractivity contribution in [2.45, 2.75) is 33.1 Å². The van der Waals surface area contributed by atoms with Crippen molar-refractivity contribution in [3.05, 3.63) is 29.5 Å². The van der Waals surface area contributed by atoms with Crippen LogP contribution in [-0.2, 0) is 0 Å². The average molecular weight is 191 g/mol. The van der Waals surface area contributed by atoms with Gasteiger partial charge in [-0.2, -0.15) is 0 Å². The summed E-state index contributed by atoms with van der Waals surface area (Å²) in [5.41, 5.74) is 5.67. The number of rotatable bonds is 3. The molecule has 1 aliphatic rings. The summed E-state index contributed by atoms with van der Waals surface area (Å²) in [6.07, 6.45) is 6.09. The fourth-order valence-corrected chi connectivity index (χ4v) is 1.74. The maximum atomic E-state index is 3.83. The molecule has 0 amide bonds. The van der Waals surface area contributed by atoms with Gasteiger partial charge in [-0.15, -0.1) is 5.73 Å². The molecule has 0 atom stereocenters. The summed E-state index contributed by atoms with van der Waals surface area (Å²) in [6.45, 7) is 11.6. The minimum Gasteiger partial charge on any atom is -0.299 e. The van der Waals surface area contributed by atoms with Crippen molar-refractivity contribution in [1.29, 1.82) is 0 Å². The first-order chi connectivity index (χ1) is 6.68. The molecule has 1 saturated heterocycles. The average Bonchev–Trinajstić information content (AvgIpc) is 2.16. The molecular weight excluding hydrogens is 170 g/mol. The molecule has 0 saturated carbocycles. The van der Waals surface area contributed by atoms with Crippen LogP contribution >= 0.6 is 0 Å². The molecule has 0 N–H and O–H groups in total. The molecule has 0 aromatic rings. The third-order valence-electron chi connectivity index (χ3n) is 2.47. The lowest BCUT2D eigenvalue weighted by Gasteiger charge is -2.26. The van der Waals surface area contributed by atoms with Crippen LogP contribution in [0.5, 0.6) is 0 Å². The normalized spacial score (nSPS) is 17.3. The maximum absolute atomic E-state index is 3.83. The van der Waals surface area contributed by atoms with E-state index in [1.54, 1.807) is 0 Å². The van der Waals surface area contributed by atoms with Gasteiger partial charge in [0, 0.05) is 6.54 Å². The number of hydrogen-bond donors (Lipinski definition) is 0. The topological polar surface area (TPSA) is 3.24 Å². The smallest absolute Gasteiger partial charge is 0.0265 e. The van der Waals surface area contributed by atoms with Gasteiger partial charge in [0.05, 0.1) is 0 Å². The van der Waals surface area contributed by atoms with Crippen LogP contribution in [0, 0.1) is 0 Å². The standard InChI is InChI=1S/C13H21N/c1-12(2)7-8-13(3)11-14-9-5-4-6-10-14/h7H,1,4-6,9-11H2,2-3H3. The Labute approximate surface area is 87.8 Å². The predicted molar refractivity (Wildman–Crippen MR) is 62.4 cm³/mol. The third kappa shape index (κ3) is 4.45. The van der Waals surface area contributed by atoms with E-state index >= 15 is 0 Å². The molecule has 0 aromatic heterocycles. The SMILES string of the molecule is C=C(C)C=C=C(C)CN1CCCCC1. The number of likely N-dealkylation sites (tertiary alicyclic amines) is 1. The van der Waals surface area contributed by atoms with Crippen LogP contribution in [0.25, 0.3) is 0 Å². The Bertz CT molecular complexity index is 250. The lowest BCUT2D eigenvalue weighted by molar-refractivity contribution is 0.247. The second-order valence-electron chi connectivity index (χ2n) is 4.25. The van der Waals surface area contributed by atoms with Gasteiger partial charge in [-0.25, -0.2) is 0 Å². The van der Waals surface area contributed by atoms with Gasteiger partial charge < -0.3 is 0 Å². The van der Waals surface area contributed by atoms with E-state index in [1.165, 1.54) is 37.9 Å². The van der Waals surface area contributed by atoms with Crippen molar-refractivity contribution in [2.75, 3.05) is 19.6 Å². The van der Waals surface area contributed by atoms with Crippen LogP contribution < -0.4 is 0 Å². The molecule has 0 radical (unpaired) electrons. The summed E-state index contributed by atoms with van der Waals surface area (Å²) in [5, 5.41) is 0. The van der Waals surface area contributed by atoms with E-state index in [4.69, 9.17) is 0 Å². The molecule has 0 aromatic carbocycles. The summed E-state index contributed by atoms with van der Waals surface area (Å²) < 4.78 is 0. The van der Waals surface area contributed by atoms with E-state index in [1.807, 2.05) is 13.0 Å². The van der Waals surface area contributed by atoms with E-state index in [0.717, 1.165) is 12.1 Å². The molecule has 1 aliphatic heterocycles. The summed E-state index contributed by atoms with van der Waals surface area (Å²) in [7, 11) is 0. The van der Waals surface area contributed by atoms with Gasteiger partial charge >= 0.3 is 0 Å². The molecule has 78 valence electrons. The molecule has 0 unspecified atom stereocenters. The van der Waals surface area contributed by atoms with Gasteiger partial charge in [-0.3, -0.25) is 4.90 Å². The largest absolute Gasteiger partial charge is 0.299 e. The van der Waals surface area contributed by atoms with Crippen molar-refractivity contribution in [2.24, 2.45) is 0 Å². The first-order valence-electron chi connectivity index (χ1n) is 5.48. The Hall–Kier alpha value is -0.780. The molecule has 1 heterocycles. The van der Waals surface area contributed by atoms with Crippen molar-refractivity contribution in [1.82, 2.24) is 4.90 Å². The highest BCUT2D eigenvalue weighted by Gasteiger charge is 2.09. The van der Waals surface area contributed by atoms with E-state index in [9.17, 15) is 0 Å². The molecule has 1 fully saturated rings. The Morgan fingerprint density at radius 2 is 1.93 bits per heavy atom. The Balaban J connectivity index is 2.42. The number of piperidine rings is 1. The Morgan fingerprint density at radius 3 is 2.50 bits per heavy atom. The monoisotopic (exact) mass is 191 g/mol. The first kappa shape index (κ1) is 11.3. The van der Waals surface area contributed by atoms with Crippen LogP contribution in [-0.4, -0.2) is 24.5 Å². The minimum absolute atomic E-state index is 1.07. The predicted octanol–water partition coefficient (Wildman–Crippen LogP) is 3.15. The molecule has 0 spiro atoms. The van der Waals surface area contributed by atoms with Crippen molar-refractivity contribution in [3.8, 4) is 0 Å². The lowest BCUT2D eigenvalue weighted by atomic mass is 10.1. The highest BCUT2D eigenvalue weighted by molar-refractivity contribution is 5.14. The zero-order valence-electron chi connectivity index (χ0n) is 9.47. The van der Waals surface area contributed by atoms with Crippen LogP contribution in [0.2, 0.25) is 0 Å². The molecular formula is C13H21N. The van der Waals surface area contributed by atoms with Crippen molar-refractivity contribution < 1.29 is 0 Å². The van der Waals surface area contributed by atoms with E-state index < -0.39 is 0 Å². The molecule has 0 aliphatic carbocycles. The number of nitrogens with zero attached hydrogens (tertiary/aromatic N) is 1. The van der Waals surface area contributed by atoms with Crippen LogP contribution in [0.3, 0.4) is 0 Å². The molecule has 0 bridgehead atoms. The zero-order valence-corrected chi connectivity index (χ0v) is 9.47. The quantitative estimate of drug-likeness (QED) is 0.489. The molecule has 1 heteroatoms.